The van der Waals surface area contributed by atoms with E-state index in [-0.39, 0.29) is 17.9 Å². The Morgan fingerprint density at radius 3 is 2.27 bits per heavy atom. The lowest BCUT2D eigenvalue weighted by atomic mass is 9.98. The fraction of sp³-hybridized carbons (Fsp3) is 0.375. The molecule has 6 heteroatoms. The van der Waals surface area contributed by atoms with Gasteiger partial charge in [-0.3, -0.25) is 14.5 Å². The highest BCUT2D eigenvalue weighted by molar-refractivity contribution is 6.03. The third-order valence-corrected chi connectivity index (χ3v) is 5.91. The van der Waals surface area contributed by atoms with E-state index in [2.05, 4.69) is 36.1 Å². The lowest BCUT2D eigenvalue weighted by molar-refractivity contribution is -0.135. The van der Waals surface area contributed by atoms with E-state index < -0.39 is 0 Å². The maximum absolute atomic E-state index is 13.3. The second kappa shape index (κ2) is 8.79. The maximum atomic E-state index is 13.3. The van der Waals surface area contributed by atoms with E-state index in [0.717, 1.165) is 16.8 Å². The molecule has 0 spiro atoms. The van der Waals surface area contributed by atoms with Crippen molar-refractivity contribution < 1.29 is 9.59 Å². The maximum Gasteiger partial charge on any atom is 0.257 e. The first-order chi connectivity index (χ1) is 14.5. The molecule has 0 N–H and O–H groups in total. The largest absolute Gasteiger partial charge is 0.340 e. The SMILES string of the molecule is CC(=O)N1CCN(CC(=O)N2N=C(c3ccccc3)C[C@H]2c2ccc(C)cc2)CC1. The van der Waals surface area contributed by atoms with E-state index >= 15 is 0 Å². The van der Waals surface area contributed by atoms with Gasteiger partial charge in [0.25, 0.3) is 5.91 Å². The Morgan fingerprint density at radius 2 is 1.63 bits per heavy atom. The molecule has 0 unspecified atom stereocenters. The average Bonchev–Trinajstić information content (AvgIpc) is 3.21. The van der Waals surface area contributed by atoms with Crippen molar-refractivity contribution in [2.24, 2.45) is 5.10 Å². The Morgan fingerprint density at radius 1 is 0.967 bits per heavy atom. The topological polar surface area (TPSA) is 56.2 Å². The average molecular weight is 405 g/mol. The van der Waals surface area contributed by atoms with Crippen molar-refractivity contribution >= 4 is 17.5 Å². The zero-order valence-electron chi connectivity index (χ0n) is 17.6. The molecule has 0 aromatic heterocycles. The van der Waals surface area contributed by atoms with Crippen molar-refractivity contribution in [1.29, 1.82) is 0 Å². The van der Waals surface area contributed by atoms with Crippen molar-refractivity contribution in [2.75, 3.05) is 32.7 Å². The molecule has 2 aliphatic heterocycles. The van der Waals surface area contributed by atoms with Gasteiger partial charge in [-0.1, -0.05) is 60.2 Å². The van der Waals surface area contributed by atoms with Crippen molar-refractivity contribution in [1.82, 2.24) is 14.8 Å². The smallest absolute Gasteiger partial charge is 0.257 e. The van der Waals surface area contributed by atoms with E-state index in [4.69, 9.17) is 5.10 Å². The fourth-order valence-corrected chi connectivity index (χ4v) is 4.08. The molecule has 2 aromatic carbocycles. The quantitative estimate of drug-likeness (QED) is 0.787. The van der Waals surface area contributed by atoms with E-state index in [1.807, 2.05) is 35.2 Å². The molecule has 156 valence electrons. The highest BCUT2D eigenvalue weighted by atomic mass is 16.2. The first-order valence-electron chi connectivity index (χ1n) is 10.5. The van der Waals surface area contributed by atoms with Gasteiger partial charge in [-0.15, -0.1) is 0 Å². The van der Waals surface area contributed by atoms with Crippen LogP contribution >= 0.6 is 0 Å². The highest BCUT2D eigenvalue weighted by Crippen LogP contribution is 2.33. The summed E-state index contributed by atoms with van der Waals surface area (Å²) in [5.74, 6) is 0.0971. The van der Waals surface area contributed by atoms with E-state index in [1.165, 1.54) is 5.56 Å². The molecular weight excluding hydrogens is 376 g/mol. The van der Waals surface area contributed by atoms with Crippen LogP contribution < -0.4 is 0 Å². The van der Waals surface area contributed by atoms with Gasteiger partial charge in [0, 0.05) is 39.5 Å². The van der Waals surface area contributed by atoms with Crippen LogP contribution in [0.4, 0.5) is 0 Å². The van der Waals surface area contributed by atoms with Gasteiger partial charge in [0.15, 0.2) is 0 Å². The number of rotatable bonds is 4. The molecule has 2 amide bonds. The van der Waals surface area contributed by atoms with Gasteiger partial charge < -0.3 is 4.90 Å². The molecule has 1 saturated heterocycles. The number of amides is 2. The lowest BCUT2D eigenvalue weighted by Gasteiger charge is -2.34. The van der Waals surface area contributed by atoms with Crippen LogP contribution in [0.5, 0.6) is 0 Å². The molecule has 0 saturated carbocycles. The van der Waals surface area contributed by atoms with Gasteiger partial charge in [0.2, 0.25) is 5.91 Å². The molecule has 30 heavy (non-hydrogen) atoms. The Kier molecular flexibility index (Phi) is 5.95. The summed E-state index contributed by atoms with van der Waals surface area (Å²) in [7, 11) is 0. The first kappa shape index (κ1) is 20.3. The van der Waals surface area contributed by atoms with Gasteiger partial charge in [0.05, 0.1) is 18.3 Å². The molecule has 4 rings (SSSR count). The number of hydrazone groups is 1. The van der Waals surface area contributed by atoms with Crippen LogP contribution in [-0.2, 0) is 9.59 Å². The molecule has 1 fully saturated rings. The summed E-state index contributed by atoms with van der Waals surface area (Å²) < 4.78 is 0. The van der Waals surface area contributed by atoms with Crippen molar-refractivity contribution in [3.05, 3.63) is 71.3 Å². The van der Waals surface area contributed by atoms with Crippen LogP contribution in [0.25, 0.3) is 0 Å². The third-order valence-electron chi connectivity index (χ3n) is 5.91. The minimum Gasteiger partial charge on any atom is -0.340 e. The molecule has 0 bridgehead atoms. The summed E-state index contributed by atoms with van der Waals surface area (Å²) in [5, 5.41) is 6.43. The fourth-order valence-electron chi connectivity index (χ4n) is 4.08. The van der Waals surface area contributed by atoms with E-state index in [9.17, 15) is 9.59 Å². The number of hydrogen-bond acceptors (Lipinski definition) is 4. The van der Waals surface area contributed by atoms with Crippen LogP contribution in [-0.4, -0.2) is 65.1 Å². The normalized spacial score (nSPS) is 19.7. The molecular formula is C24H28N4O2. The van der Waals surface area contributed by atoms with Gasteiger partial charge in [0.1, 0.15) is 0 Å². The second-order valence-electron chi connectivity index (χ2n) is 8.06. The van der Waals surface area contributed by atoms with Crippen LogP contribution in [0, 0.1) is 6.92 Å². The molecule has 0 radical (unpaired) electrons. The summed E-state index contributed by atoms with van der Waals surface area (Å²) in [6.07, 6.45) is 0.705. The van der Waals surface area contributed by atoms with Crippen molar-refractivity contribution in [3.8, 4) is 0 Å². The predicted molar refractivity (Wildman–Crippen MR) is 117 cm³/mol. The Bertz CT molecular complexity index is 931. The number of aryl methyl sites for hydroxylation is 1. The number of carbonyl (C=O) groups excluding carboxylic acids is 2. The number of hydrogen-bond donors (Lipinski definition) is 0. The zero-order valence-corrected chi connectivity index (χ0v) is 17.6. The third kappa shape index (κ3) is 4.44. The van der Waals surface area contributed by atoms with E-state index in [0.29, 0.717) is 39.1 Å². The van der Waals surface area contributed by atoms with Crippen molar-refractivity contribution in [2.45, 2.75) is 26.3 Å². The monoisotopic (exact) mass is 404 g/mol. The second-order valence-corrected chi connectivity index (χ2v) is 8.06. The van der Waals surface area contributed by atoms with Gasteiger partial charge in [-0.2, -0.15) is 5.10 Å². The number of carbonyl (C=O) groups is 2. The minimum atomic E-state index is -0.0909. The molecule has 2 aliphatic rings. The first-order valence-corrected chi connectivity index (χ1v) is 10.5. The summed E-state index contributed by atoms with van der Waals surface area (Å²) in [5.41, 5.74) is 4.29. The van der Waals surface area contributed by atoms with Gasteiger partial charge >= 0.3 is 0 Å². The summed E-state index contributed by atoms with van der Waals surface area (Å²) in [6.45, 7) is 6.74. The highest BCUT2D eigenvalue weighted by Gasteiger charge is 2.34. The predicted octanol–water partition coefficient (Wildman–Crippen LogP) is 2.84. The van der Waals surface area contributed by atoms with E-state index in [1.54, 1.807) is 11.9 Å². The molecule has 6 nitrogen and oxygen atoms in total. The molecule has 0 aliphatic carbocycles. The Balaban J connectivity index is 1.52. The zero-order chi connectivity index (χ0) is 21.1. The standard InChI is InChI=1S/C24H28N4O2/c1-18-8-10-21(11-9-18)23-16-22(20-6-4-3-5-7-20)25-28(23)24(30)17-26-12-14-27(15-13-26)19(2)29/h3-11,23H,12-17H2,1-2H3/t23-/m0/s1. The number of piperazine rings is 1. The molecule has 1 atom stereocenters. The number of benzene rings is 2. The minimum absolute atomic E-state index is 0.00258. The molecule has 2 aromatic rings. The van der Waals surface area contributed by atoms with Crippen LogP contribution in [0.3, 0.4) is 0 Å². The van der Waals surface area contributed by atoms with Crippen molar-refractivity contribution in [3.63, 3.8) is 0 Å². The summed E-state index contributed by atoms with van der Waals surface area (Å²) in [6, 6.07) is 18.3. The Labute approximate surface area is 177 Å². The molecule has 2 heterocycles. The van der Waals surface area contributed by atoms with Crippen LogP contribution in [0.2, 0.25) is 0 Å². The summed E-state index contributed by atoms with van der Waals surface area (Å²) >= 11 is 0. The van der Waals surface area contributed by atoms with Crippen LogP contribution in [0.1, 0.15) is 36.1 Å². The van der Waals surface area contributed by atoms with Gasteiger partial charge in [-0.05, 0) is 18.1 Å². The van der Waals surface area contributed by atoms with Crippen LogP contribution in [0.15, 0.2) is 59.7 Å². The summed E-state index contributed by atoms with van der Waals surface area (Å²) in [4.78, 5) is 28.7. The van der Waals surface area contributed by atoms with Gasteiger partial charge in [-0.25, -0.2) is 5.01 Å². The Hall–Kier alpha value is -2.99. The lowest BCUT2D eigenvalue weighted by Crippen LogP contribution is -2.50. The number of nitrogens with zero attached hydrogens (tertiary/aromatic N) is 4.